The predicted octanol–water partition coefficient (Wildman–Crippen LogP) is 0.514. The Morgan fingerprint density at radius 2 is 2.25 bits per heavy atom. The molecular formula is C11H13NO4. The van der Waals surface area contributed by atoms with Gasteiger partial charge in [0.05, 0.1) is 13.2 Å². The van der Waals surface area contributed by atoms with Crippen LogP contribution < -0.4 is 5.48 Å². The van der Waals surface area contributed by atoms with Crippen LogP contribution in [0.4, 0.5) is 0 Å². The van der Waals surface area contributed by atoms with Crippen LogP contribution in [-0.4, -0.2) is 24.0 Å². The lowest BCUT2D eigenvalue weighted by molar-refractivity contribution is -0.224. The molecule has 2 atom stereocenters. The number of rotatable bonds is 2. The van der Waals surface area contributed by atoms with Gasteiger partial charge in [-0.15, -0.1) is 0 Å². The summed E-state index contributed by atoms with van der Waals surface area (Å²) >= 11 is 0. The third-order valence-electron chi connectivity index (χ3n) is 2.56. The van der Waals surface area contributed by atoms with Gasteiger partial charge in [-0.05, 0) is 5.56 Å². The first-order valence-corrected chi connectivity index (χ1v) is 4.95. The molecule has 86 valence electrons. The molecule has 1 aromatic rings. The highest BCUT2D eigenvalue weighted by atomic mass is 16.8. The molecule has 5 heteroatoms. The summed E-state index contributed by atoms with van der Waals surface area (Å²) in [6.45, 7) is 0. The van der Waals surface area contributed by atoms with E-state index in [9.17, 15) is 9.90 Å². The molecule has 0 radical (unpaired) electrons. The van der Waals surface area contributed by atoms with Crippen LogP contribution in [0.25, 0.3) is 0 Å². The van der Waals surface area contributed by atoms with Gasteiger partial charge in [0, 0.05) is 6.42 Å². The van der Waals surface area contributed by atoms with E-state index in [1.165, 1.54) is 7.11 Å². The quantitative estimate of drug-likeness (QED) is 0.715. The third kappa shape index (κ3) is 1.92. The van der Waals surface area contributed by atoms with Gasteiger partial charge in [0.2, 0.25) is 0 Å². The van der Waals surface area contributed by atoms with Crippen LogP contribution in [0.3, 0.4) is 0 Å². The number of carbonyl (C=O) groups is 1. The lowest BCUT2D eigenvalue weighted by Crippen LogP contribution is -2.39. The molecular weight excluding hydrogens is 210 g/mol. The molecule has 1 aromatic carbocycles. The summed E-state index contributed by atoms with van der Waals surface area (Å²) < 4.78 is 4.47. The van der Waals surface area contributed by atoms with E-state index in [2.05, 4.69) is 10.2 Å². The van der Waals surface area contributed by atoms with Crippen molar-refractivity contribution in [3.8, 4) is 0 Å². The first-order valence-electron chi connectivity index (χ1n) is 4.95. The maximum absolute atomic E-state index is 11.3. The lowest BCUT2D eigenvalue weighted by atomic mass is 10.0. The molecule has 0 saturated carbocycles. The second-order valence-corrected chi connectivity index (χ2v) is 3.66. The summed E-state index contributed by atoms with van der Waals surface area (Å²) in [5, 5.41) is 9.83. The van der Waals surface area contributed by atoms with Crippen LogP contribution in [0.15, 0.2) is 30.3 Å². The Labute approximate surface area is 92.9 Å². The molecule has 16 heavy (non-hydrogen) atoms. The number of carbonyl (C=O) groups excluding carboxylic acids is 1. The number of hydroxylamine groups is 1. The molecule has 1 heterocycles. The zero-order chi connectivity index (χ0) is 11.6. The Bertz CT molecular complexity index is 381. The molecule has 2 rings (SSSR count). The number of methoxy groups -OCH3 is 1. The summed E-state index contributed by atoms with van der Waals surface area (Å²) in [5.41, 5.74) is 3.57. The van der Waals surface area contributed by atoms with E-state index < -0.39 is 11.8 Å². The largest absolute Gasteiger partial charge is 0.465 e. The van der Waals surface area contributed by atoms with Gasteiger partial charge in [-0.1, -0.05) is 30.3 Å². The molecule has 0 amide bonds. The number of nitrogens with one attached hydrogen (secondary N) is 1. The van der Waals surface area contributed by atoms with Gasteiger partial charge in [0.15, 0.2) is 0 Å². The van der Waals surface area contributed by atoms with Crippen molar-refractivity contribution < 1.29 is 19.5 Å². The summed E-state index contributed by atoms with van der Waals surface area (Å²) in [7, 11) is 1.21. The van der Waals surface area contributed by atoms with E-state index >= 15 is 0 Å². The Balaban J connectivity index is 2.12. The van der Waals surface area contributed by atoms with Crippen LogP contribution in [-0.2, 0) is 14.4 Å². The van der Waals surface area contributed by atoms with E-state index in [1.54, 1.807) is 0 Å². The van der Waals surface area contributed by atoms with E-state index in [-0.39, 0.29) is 12.5 Å². The second kappa shape index (κ2) is 4.21. The van der Waals surface area contributed by atoms with Gasteiger partial charge in [0.25, 0.3) is 5.79 Å². The number of hydrogen-bond acceptors (Lipinski definition) is 5. The average molecular weight is 223 g/mol. The van der Waals surface area contributed by atoms with Crippen LogP contribution in [0.5, 0.6) is 0 Å². The molecule has 0 spiro atoms. The number of hydrogen-bond donors (Lipinski definition) is 2. The number of benzene rings is 1. The normalized spacial score (nSPS) is 29.0. The first-order chi connectivity index (χ1) is 7.65. The fourth-order valence-electron chi connectivity index (χ4n) is 1.68. The Hall–Kier alpha value is -1.43. The van der Waals surface area contributed by atoms with Crippen molar-refractivity contribution in [2.75, 3.05) is 7.11 Å². The highest BCUT2D eigenvalue weighted by Gasteiger charge is 2.47. The summed E-state index contributed by atoms with van der Waals surface area (Å²) in [5.74, 6) is -2.69. The highest BCUT2D eigenvalue weighted by Crippen LogP contribution is 2.31. The minimum atomic E-state index is -1.89. The molecule has 0 aliphatic carbocycles. The summed E-state index contributed by atoms with van der Waals surface area (Å²) in [6, 6.07) is 9.23. The van der Waals surface area contributed by atoms with E-state index in [0.29, 0.717) is 0 Å². The van der Waals surface area contributed by atoms with Crippen LogP contribution in [0.2, 0.25) is 0 Å². The first kappa shape index (κ1) is 11.1. The molecule has 0 unspecified atom stereocenters. The molecule has 1 aliphatic rings. The zero-order valence-electron chi connectivity index (χ0n) is 8.84. The molecule has 1 aliphatic heterocycles. The zero-order valence-corrected chi connectivity index (χ0v) is 8.84. The Morgan fingerprint density at radius 1 is 1.56 bits per heavy atom. The number of aliphatic hydroxyl groups is 1. The summed E-state index contributed by atoms with van der Waals surface area (Å²) in [6.07, 6.45) is 0.129. The van der Waals surface area contributed by atoms with E-state index in [1.807, 2.05) is 30.3 Å². The maximum Gasteiger partial charge on any atom is 0.368 e. The monoisotopic (exact) mass is 223 g/mol. The minimum absolute atomic E-state index is 0.129. The van der Waals surface area contributed by atoms with Gasteiger partial charge >= 0.3 is 5.97 Å². The smallest absolute Gasteiger partial charge is 0.368 e. The van der Waals surface area contributed by atoms with Gasteiger partial charge in [-0.3, -0.25) is 4.84 Å². The van der Waals surface area contributed by atoms with E-state index in [4.69, 9.17) is 4.84 Å². The average Bonchev–Trinajstić information content (AvgIpc) is 2.73. The van der Waals surface area contributed by atoms with Crippen molar-refractivity contribution >= 4 is 5.97 Å². The minimum Gasteiger partial charge on any atom is -0.465 e. The van der Waals surface area contributed by atoms with E-state index in [0.717, 1.165) is 5.56 Å². The van der Waals surface area contributed by atoms with Crippen molar-refractivity contribution in [1.82, 2.24) is 5.48 Å². The lowest BCUT2D eigenvalue weighted by Gasteiger charge is -2.16. The van der Waals surface area contributed by atoms with Crippen molar-refractivity contribution in [2.45, 2.75) is 18.2 Å². The molecule has 2 N–H and O–H groups in total. The highest BCUT2D eigenvalue weighted by molar-refractivity contribution is 5.77. The summed E-state index contributed by atoms with van der Waals surface area (Å²) in [4.78, 5) is 16.2. The third-order valence-corrected chi connectivity index (χ3v) is 2.56. The number of esters is 1. The predicted molar refractivity (Wildman–Crippen MR) is 55.0 cm³/mol. The van der Waals surface area contributed by atoms with Crippen molar-refractivity contribution in [3.63, 3.8) is 0 Å². The Morgan fingerprint density at radius 3 is 2.88 bits per heavy atom. The fourth-order valence-corrected chi connectivity index (χ4v) is 1.68. The fraction of sp³-hybridized carbons (Fsp3) is 0.364. The van der Waals surface area contributed by atoms with Gasteiger partial charge < -0.3 is 9.84 Å². The standard InChI is InChI=1S/C11H13NO4/c1-15-10(13)11(14)7-9(12-16-11)8-5-3-2-4-6-8/h2-6,9,12,14H,7H2,1H3/t9-,11-/m1/s1. The topological polar surface area (TPSA) is 67.8 Å². The Kier molecular flexibility index (Phi) is 2.91. The van der Waals surface area contributed by atoms with Gasteiger partial charge in [-0.25, -0.2) is 4.79 Å². The molecule has 1 fully saturated rings. The van der Waals surface area contributed by atoms with Crippen molar-refractivity contribution in [2.24, 2.45) is 0 Å². The van der Waals surface area contributed by atoms with Gasteiger partial charge in [-0.2, -0.15) is 5.48 Å². The molecule has 1 saturated heterocycles. The second-order valence-electron chi connectivity index (χ2n) is 3.66. The number of ether oxygens (including phenoxy) is 1. The SMILES string of the molecule is COC(=O)[C@@]1(O)C[C@H](c2ccccc2)NO1. The molecule has 0 aromatic heterocycles. The van der Waals surface area contributed by atoms with Crippen LogP contribution in [0, 0.1) is 0 Å². The van der Waals surface area contributed by atoms with Crippen molar-refractivity contribution in [3.05, 3.63) is 35.9 Å². The van der Waals surface area contributed by atoms with Gasteiger partial charge in [0.1, 0.15) is 0 Å². The van der Waals surface area contributed by atoms with Crippen LogP contribution in [0.1, 0.15) is 18.0 Å². The van der Waals surface area contributed by atoms with Crippen molar-refractivity contribution in [1.29, 1.82) is 0 Å². The van der Waals surface area contributed by atoms with Crippen LogP contribution >= 0.6 is 0 Å². The molecule has 5 nitrogen and oxygen atoms in total. The maximum atomic E-state index is 11.3. The molecule has 0 bridgehead atoms.